The predicted molar refractivity (Wildman–Crippen MR) is 67.7 cm³/mol. The van der Waals surface area contributed by atoms with Crippen LogP contribution in [0.25, 0.3) is 6.08 Å². The highest BCUT2D eigenvalue weighted by atomic mass is 31.0. The predicted octanol–water partition coefficient (Wildman–Crippen LogP) is 1.98. The summed E-state index contributed by atoms with van der Waals surface area (Å²) in [7, 11) is 4.33. The third-order valence-corrected chi connectivity index (χ3v) is 2.44. The second-order valence-electron chi connectivity index (χ2n) is 3.27. The quantitative estimate of drug-likeness (QED) is 0.612. The standard InChI is InChI=1S/C12H17O2P/c1-14-12-7-6-11(15)9-10(12)5-3-2-4-8-13/h3,5-7,9,13H,2,4,8,15H2,1H3/b5-3+. The number of hydrogen-bond donors (Lipinski definition) is 1. The van der Waals surface area contributed by atoms with E-state index in [0.717, 1.165) is 29.5 Å². The summed E-state index contributed by atoms with van der Waals surface area (Å²) in [5.74, 6) is 0.876. The van der Waals surface area contributed by atoms with Crippen molar-refractivity contribution in [3.8, 4) is 5.75 Å². The first-order valence-corrected chi connectivity index (χ1v) is 5.56. The van der Waals surface area contributed by atoms with Crippen molar-refractivity contribution in [2.24, 2.45) is 0 Å². The average molecular weight is 224 g/mol. The maximum absolute atomic E-state index is 8.65. The smallest absolute Gasteiger partial charge is 0.126 e. The molecule has 1 unspecified atom stereocenters. The van der Waals surface area contributed by atoms with Crippen LogP contribution >= 0.6 is 9.24 Å². The molecule has 1 atom stereocenters. The minimum Gasteiger partial charge on any atom is -0.496 e. The van der Waals surface area contributed by atoms with Gasteiger partial charge in [-0.05, 0) is 30.3 Å². The molecule has 0 aromatic heterocycles. The molecule has 1 N–H and O–H groups in total. The number of allylic oxidation sites excluding steroid dienone is 1. The Morgan fingerprint density at radius 1 is 1.47 bits per heavy atom. The number of methoxy groups -OCH3 is 1. The zero-order valence-corrected chi connectivity index (χ0v) is 10.1. The Balaban J connectivity index is 2.73. The van der Waals surface area contributed by atoms with Crippen LogP contribution in [0.4, 0.5) is 0 Å². The molecule has 0 saturated carbocycles. The molecule has 1 aromatic carbocycles. The summed E-state index contributed by atoms with van der Waals surface area (Å²) in [6.07, 6.45) is 5.78. The fraction of sp³-hybridized carbons (Fsp3) is 0.333. The van der Waals surface area contributed by atoms with Crippen molar-refractivity contribution in [2.75, 3.05) is 13.7 Å². The van der Waals surface area contributed by atoms with Gasteiger partial charge in [0.15, 0.2) is 0 Å². The van der Waals surface area contributed by atoms with Gasteiger partial charge in [-0.25, -0.2) is 0 Å². The molecule has 1 rings (SSSR count). The number of benzene rings is 1. The first-order chi connectivity index (χ1) is 7.27. The van der Waals surface area contributed by atoms with Crippen molar-refractivity contribution in [1.82, 2.24) is 0 Å². The molecular weight excluding hydrogens is 207 g/mol. The zero-order chi connectivity index (χ0) is 11.1. The molecule has 15 heavy (non-hydrogen) atoms. The van der Waals surface area contributed by atoms with Crippen molar-refractivity contribution in [1.29, 1.82) is 0 Å². The van der Waals surface area contributed by atoms with E-state index in [2.05, 4.69) is 21.4 Å². The van der Waals surface area contributed by atoms with Gasteiger partial charge in [0, 0.05) is 12.2 Å². The summed E-state index contributed by atoms with van der Waals surface area (Å²) >= 11 is 0. The molecule has 3 heteroatoms. The van der Waals surface area contributed by atoms with Gasteiger partial charge in [0.1, 0.15) is 5.75 Å². The van der Waals surface area contributed by atoms with Crippen molar-refractivity contribution < 1.29 is 9.84 Å². The van der Waals surface area contributed by atoms with Gasteiger partial charge in [-0.2, -0.15) is 0 Å². The van der Waals surface area contributed by atoms with Gasteiger partial charge in [0.05, 0.1) is 7.11 Å². The largest absolute Gasteiger partial charge is 0.496 e. The molecule has 0 aliphatic rings. The normalized spacial score (nSPS) is 10.9. The minimum atomic E-state index is 0.241. The molecular formula is C12H17O2P. The third-order valence-electron chi connectivity index (χ3n) is 2.08. The van der Waals surface area contributed by atoms with Gasteiger partial charge >= 0.3 is 0 Å². The van der Waals surface area contributed by atoms with Gasteiger partial charge in [0.2, 0.25) is 0 Å². The topological polar surface area (TPSA) is 29.5 Å². The Morgan fingerprint density at radius 3 is 2.93 bits per heavy atom. The highest BCUT2D eigenvalue weighted by Crippen LogP contribution is 2.19. The lowest BCUT2D eigenvalue weighted by atomic mass is 10.1. The summed E-state index contributed by atoms with van der Waals surface area (Å²) in [4.78, 5) is 0. The summed E-state index contributed by atoms with van der Waals surface area (Å²) in [5.41, 5.74) is 1.07. The zero-order valence-electron chi connectivity index (χ0n) is 8.94. The van der Waals surface area contributed by atoms with E-state index in [9.17, 15) is 0 Å². The maximum atomic E-state index is 8.65. The molecule has 82 valence electrons. The molecule has 0 saturated heterocycles. The Kier molecular flexibility index (Phi) is 5.38. The van der Waals surface area contributed by atoms with Gasteiger partial charge in [-0.1, -0.05) is 18.2 Å². The van der Waals surface area contributed by atoms with Crippen LogP contribution in [0.3, 0.4) is 0 Å². The monoisotopic (exact) mass is 224 g/mol. The van der Waals surface area contributed by atoms with Gasteiger partial charge in [-0.15, -0.1) is 9.24 Å². The van der Waals surface area contributed by atoms with Crippen molar-refractivity contribution in [2.45, 2.75) is 12.8 Å². The molecule has 0 fully saturated rings. The molecule has 0 bridgehead atoms. The molecule has 0 aliphatic carbocycles. The van der Waals surface area contributed by atoms with E-state index in [4.69, 9.17) is 9.84 Å². The Hall–Kier alpha value is -0.850. The first-order valence-electron chi connectivity index (χ1n) is 4.99. The molecule has 0 aliphatic heterocycles. The highest BCUT2D eigenvalue weighted by Gasteiger charge is 1.98. The minimum absolute atomic E-state index is 0.241. The number of hydrogen-bond acceptors (Lipinski definition) is 2. The van der Waals surface area contributed by atoms with E-state index in [1.165, 1.54) is 0 Å². The summed E-state index contributed by atoms with van der Waals surface area (Å²) in [5, 5.41) is 9.78. The average Bonchev–Trinajstić information content (AvgIpc) is 2.25. The fourth-order valence-electron chi connectivity index (χ4n) is 1.30. The van der Waals surface area contributed by atoms with Crippen molar-refractivity contribution in [3.05, 3.63) is 29.8 Å². The summed E-state index contributed by atoms with van der Waals surface area (Å²) in [6, 6.07) is 6.00. The van der Waals surface area contributed by atoms with E-state index in [0.29, 0.717) is 0 Å². The Morgan fingerprint density at radius 2 is 2.27 bits per heavy atom. The van der Waals surface area contributed by atoms with Gasteiger partial charge in [-0.3, -0.25) is 0 Å². The van der Waals surface area contributed by atoms with E-state index in [1.54, 1.807) is 7.11 Å². The molecule has 0 amide bonds. The van der Waals surface area contributed by atoms with Crippen LogP contribution < -0.4 is 10.0 Å². The maximum Gasteiger partial charge on any atom is 0.126 e. The van der Waals surface area contributed by atoms with Crippen LogP contribution in [0.2, 0.25) is 0 Å². The highest BCUT2D eigenvalue weighted by molar-refractivity contribution is 7.27. The summed E-state index contributed by atoms with van der Waals surface area (Å²) < 4.78 is 5.25. The van der Waals surface area contributed by atoms with E-state index < -0.39 is 0 Å². The van der Waals surface area contributed by atoms with Crippen LogP contribution in [-0.2, 0) is 0 Å². The van der Waals surface area contributed by atoms with Crippen LogP contribution in [0.1, 0.15) is 18.4 Å². The second kappa shape index (κ2) is 6.60. The lowest BCUT2D eigenvalue weighted by Gasteiger charge is -2.05. The van der Waals surface area contributed by atoms with Gasteiger partial charge < -0.3 is 9.84 Å². The lowest BCUT2D eigenvalue weighted by molar-refractivity contribution is 0.290. The molecule has 2 nitrogen and oxygen atoms in total. The Labute approximate surface area is 93.2 Å². The number of rotatable bonds is 5. The van der Waals surface area contributed by atoms with Crippen LogP contribution in [0, 0.1) is 0 Å². The molecule has 0 heterocycles. The Bertz CT molecular complexity index is 334. The third kappa shape index (κ3) is 4.03. The number of aliphatic hydroxyl groups excluding tert-OH is 1. The fourth-order valence-corrected chi connectivity index (χ4v) is 1.58. The van der Waals surface area contributed by atoms with Crippen LogP contribution in [0.5, 0.6) is 5.75 Å². The molecule has 0 radical (unpaired) electrons. The number of unbranched alkanes of at least 4 members (excludes halogenated alkanes) is 1. The van der Waals surface area contributed by atoms with Crippen molar-refractivity contribution >= 4 is 20.6 Å². The number of aliphatic hydroxyl groups is 1. The van der Waals surface area contributed by atoms with Crippen molar-refractivity contribution in [3.63, 3.8) is 0 Å². The summed E-state index contributed by atoms with van der Waals surface area (Å²) in [6.45, 7) is 0.241. The van der Waals surface area contributed by atoms with Crippen LogP contribution in [-0.4, -0.2) is 18.8 Å². The van der Waals surface area contributed by atoms with Gasteiger partial charge in [0.25, 0.3) is 0 Å². The molecule has 1 aromatic rings. The molecule has 0 spiro atoms. The SMILES string of the molecule is COc1ccc(P)cc1/C=C/CCCO. The van der Waals surface area contributed by atoms with E-state index >= 15 is 0 Å². The van der Waals surface area contributed by atoms with E-state index in [1.807, 2.05) is 18.2 Å². The second-order valence-corrected chi connectivity index (χ2v) is 3.94. The lowest BCUT2D eigenvalue weighted by Crippen LogP contribution is -1.94. The number of ether oxygens (including phenoxy) is 1. The van der Waals surface area contributed by atoms with E-state index in [-0.39, 0.29) is 6.61 Å². The first kappa shape index (κ1) is 12.2. The van der Waals surface area contributed by atoms with Crippen LogP contribution in [0.15, 0.2) is 24.3 Å².